The molecule has 0 fully saturated rings. The Kier molecular flexibility index (Phi) is 5.35. The van der Waals surface area contributed by atoms with Gasteiger partial charge < -0.3 is 10.2 Å². The Morgan fingerprint density at radius 3 is 2.53 bits per heavy atom. The van der Waals surface area contributed by atoms with Gasteiger partial charge in [-0.3, -0.25) is 0 Å². The highest BCUT2D eigenvalue weighted by Gasteiger charge is 2.12. The number of hydrogen-bond acceptors (Lipinski definition) is 4. The van der Waals surface area contributed by atoms with Crippen molar-refractivity contribution in [1.82, 2.24) is 15.3 Å². The third-order valence-electron chi connectivity index (χ3n) is 2.85. The van der Waals surface area contributed by atoms with Crippen LogP contribution in [-0.4, -0.2) is 29.1 Å². The Labute approximate surface area is 104 Å². The second-order valence-electron chi connectivity index (χ2n) is 4.44. The number of aromatic nitrogens is 2. The molecule has 1 heterocycles. The lowest BCUT2D eigenvalue weighted by Gasteiger charge is -2.25. The molecule has 0 saturated heterocycles. The van der Waals surface area contributed by atoms with Gasteiger partial charge in [0, 0.05) is 36.6 Å². The number of rotatable bonds is 6. The minimum Gasteiger partial charge on any atom is -0.339 e. The molecular formula is C13H24N4. The lowest BCUT2D eigenvalue weighted by molar-refractivity contribution is 0.672. The van der Waals surface area contributed by atoms with Crippen molar-refractivity contribution in [3.63, 3.8) is 0 Å². The molecule has 0 amide bonds. The van der Waals surface area contributed by atoms with Crippen LogP contribution in [0.4, 0.5) is 5.95 Å². The zero-order valence-corrected chi connectivity index (χ0v) is 11.6. The maximum Gasteiger partial charge on any atom is 0.225 e. The number of nitrogens with one attached hydrogen (secondary N) is 1. The molecule has 0 bridgehead atoms. The summed E-state index contributed by atoms with van der Waals surface area (Å²) < 4.78 is 0. The van der Waals surface area contributed by atoms with Crippen LogP contribution in [0.3, 0.4) is 0 Å². The highest BCUT2D eigenvalue weighted by Crippen LogP contribution is 2.13. The maximum atomic E-state index is 4.59. The highest BCUT2D eigenvalue weighted by molar-refractivity contribution is 5.33. The van der Waals surface area contributed by atoms with Crippen molar-refractivity contribution in [3.8, 4) is 0 Å². The molecule has 0 aromatic carbocycles. The Hall–Kier alpha value is -1.16. The summed E-state index contributed by atoms with van der Waals surface area (Å²) in [4.78, 5) is 11.3. The van der Waals surface area contributed by atoms with E-state index < -0.39 is 0 Å². The smallest absolute Gasteiger partial charge is 0.225 e. The van der Waals surface area contributed by atoms with E-state index >= 15 is 0 Å². The zero-order chi connectivity index (χ0) is 12.8. The van der Waals surface area contributed by atoms with E-state index in [9.17, 15) is 0 Å². The van der Waals surface area contributed by atoms with Crippen molar-refractivity contribution in [1.29, 1.82) is 0 Å². The first-order valence-corrected chi connectivity index (χ1v) is 6.40. The van der Waals surface area contributed by atoms with E-state index in [0.717, 1.165) is 31.3 Å². The number of anilines is 1. The number of nitrogens with zero attached hydrogens (tertiary/aromatic N) is 3. The van der Waals surface area contributed by atoms with Crippen molar-refractivity contribution < 1.29 is 0 Å². The molecule has 4 heteroatoms. The van der Waals surface area contributed by atoms with Crippen molar-refractivity contribution in [2.45, 2.75) is 47.2 Å². The molecule has 0 aliphatic rings. The van der Waals surface area contributed by atoms with Gasteiger partial charge in [-0.1, -0.05) is 6.92 Å². The minimum absolute atomic E-state index is 0.430. The molecular weight excluding hydrogens is 212 g/mol. The molecule has 1 aromatic heterocycles. The van der Waals surface area contributed by atoms with Crippen LogP contribution >= 0.6 is 0 Å². The van der Waals surface area contributed by atoms with Crippen LogP contribution in [0, 0.1) is 6.92 Å². The first-order valence-electron chi connectivity index (χ1n) is 6.40. The summed E-state index contributed by atoms with van der Waals surface area (Å²) in [7, 11) is 0. The van der Waals surface area contributed by atoms with Crippen molar-refractivity contribution >= 4 is 5.95 Å². The lowest BCUT2D eigenvalue weighted by Crippen LogP contribution is -2.32. The molecule has 1 rings (SSSR count). The van der Waals surface area contributed by atoms with Crippen LogP contribution in [0.15, 0.2) is 6.20 Å². The molecule has 17 heavy (non-hydrogen) atoms. The second-order valence-corrected chi connectivity index (χ2v) is 4.44. The van der Waals surface area contributed by atoms with Gasteiger partial charge in [-0.25, -0.2) is 9.97 Å². The van der Waals surface area contributed by atoms with E-state index in [0.29, 0.717) is 6.04 Å². The summed E-state index contributed by atoms with van der Waals surface area (Å²) in [5.41, 5.74) is 2.24. The summed E-state index contributed by atoms with van der Waals surface area (Å²) in [6.07, 6.45) is 1.94. The van der Waals surface area contributed by atoms with Crippen molar-refractivity contribution in [2.75, 3.05) is 18.0 Å². The molecule has 0 saturated carbocycles. The molecule has 1 N–H and O–H groups in total. The van der Waals surface area contributed by atoms with E-state index in [1.165, 1.54) is 5.56 Å². The van der Waals surface area contributed by atoms with Gasteiger partial charge >= 0.3 is 0 Å². The van der Waals surface area contributed by atoms with Gasteiger partial charge in [0.25, 0.3) is 0 Å². The molecule has 0 radical (unpaired) electrons. The molecule has 0 aliphatic heterocycles. The molecule has 0 atom stereocenters. The topological polar surface area (TPSA) is 41.1 Å². The lowest BCUT2D eigenvalue weighted by atomic mass is 10.2. The van der Waals surface area contributed by atoms with E-state index in [1.807, 2.05) is 13.1 Å². The van der Waals surface area contributed by atoms with E-state index in [2.05, 4.69) is 47.9 Å². The number of aryl methyl sites for hydroxylation is 1. The van der Waals surface area contributed by atoms with Gasteiger partial charge in [-0.2, -0.15) is 0 Å². The summed E-state index contributed by atoms with van der Waals surface area (Å²) in [6.45, 7) is 13.3. The molecule has 96 valence electrons. The van der Waals surface area contributed by atoms with E-state index in [4.69, 9.17) is 0 Å². The third-order valence-corrected chi connectivity index (χ3v) is 2.85. The Balaban J connectivity index is 2.87. The van der Waals surface area contributed by atoms with Gasteiger partial charge in [0.15, 0.2) is 0 Å². The van der Waals surface area contributed by atoms with E-state index in [1.54, 1.807) is 0 Å². The van der Waals surface area contributed by atoms with Crippen LogP contribution < -0.4 is 10.2 Å². The largest absolute Gasteiger partial charge is 0.339 e. The van der Waals surface area contributed by atoms with Crippen LogP contribution in [0.2, 0.25) is 0 Å². The van der Waals surface area contributed by atoms with Crippen molar-refractivity contribution in [3.05, 3.63) is 17.5 Å². The first kappa shape index (κ1) is 13.9. The standard InChI is InChI=1S/C13H24N4/c1-6-14-8-12-9-15-13(16-11(12)5)17(7-2)10(3)4/h9-10,14H,6-8H2,1-5H3. The fraction of sp³-hybridized carbons (Fsp3) is 0.692. The fourth-order valence-corrected chi connectivity index (χ4v) is 1.79. The molecule has 1 aromatic rings. The SMILES string of the molecule is CCNCc1cnc(N(CC)C(C)C)nc1C. The van der Waals surface area contributed by atoms with Gasteiger partial charge in [0.05, 0.1) is 0 Å². The van der Waals surface area contributed by atoms with E-state index in [-0.39, 0.29) is 0 Å². The quantitative estimate of drug-likeness (QED) is 0.821. The third kappa shape index (κ3) is 3.66. The van der Waals surface area contributed by atoms with Crippen LogP contribution in [0.25, 0.3) is 0 Å². The molecule has 0 aliphatic carbocycles. The Morgan fingerprint density at radius 2 is 2.06 bits per heavy atom. The summed E-state index contributed by atoms with van der Waals surface area (Å²) in [6, 6.07) is 0.430. The van der Waals surface area contributed by atoms with Crippen molar-refractivity contribution in [2.24, 2.45) is 0 Å². The summed E-state index contributed by atoms with van der Waals surface area (Å²) in [5, 5.41) is 3.30. The first-order chi connectivity index (χ1) is 8.10. The summed E-state index contributed by atoms with van der Waals surface area (Å²) in [5.74, 6) is 0.834. The van der Waals surface area contributed by atoms with Crippen LogP contribution in [-0.2, 0) is 6.54 Å². The fourth-order valence-electron chi connectivity index (χ4n) is 1.79. The minimum atomic E-state index is 0.430. The summed E-state index contributed by atoms with van der Waals surface area (Å²) >= 11 is 0. The van der Waals surface area contributed by atoms with Crippen LogP contribution in [0.5, 0.6) is 0 Å². The second kappa shape index (κ2) is 6.55. The van der Waals surface area contributed by atoms with Gasteiger partial charge in [0.1, 0.15) is 0 Å². The average Bonchev–Trinajstić information content (AvgIpc) is 2.28. The average molecular weight is 236 g/mol. The van der Waals surface area contributed by atoms with Gasteiger partial charge in [-0.15, -0.1) is 0 Å². The van der Waals surface area contributed by atoms with Crippen LogP contribution in [0.1, 0.15) is 39.0 Å². The maximum absolute atomic E-state index is 4.59. The Bertz CT molecular complexity index is 349. The molecule has 0 unspecified atom stereocenters. The van der Waals surface area contributed by atoms with Gasteiger partial charge in [-0.05, 0) is 34.2 Å². The normalized spacial score (nSPS) is 10.9. The predicted octanol–water partition coefficient (Wildman–Crippen LogP) is 2.13. The molecule has 0 spiro atoms. The van der Waals surface area contributed by atoms with Gasteiger partial charge in [0.2, 0.25) is 5.95 Å². The zero-order valence-electron chi connectivity index (χ0n) is 11.6. The predicted molar refractivity (Wildman–Crippen MR) is 72.3 cm³/mol. The molecule has 4 nitrogen and oxygen atoms in total. The Morgan fingerprint density at radius 1 is 1.35 bits per heavy atom. The highest BCUT2D eigenvalue weighted by atomic mass is 15.3. The monoisotopic (exact) mass is 236 g/mol. The number of hydrogen-bond donors (Lipinski definition) is 1.